The average Bonchev–Trinajstić information content (AvgIpc) is 2.43. The molecule has 0 N–H and O–H groups in total. The smallest absolute Gasteiger partial charge is 0.306 e. The highest BCUT2D eigenvalue weighted by molar-refractivity contribution is 7.57. The average molecular weight is 330 g/mol. The summed E-state index contributed by atoms with van der Waals surface area (Å²) in [6.07, 6.45) is 0.488. The number of benzene rings is 1. The molecule has 1 aromatic carbocycles. The Morgan fingerprint density at radius 2 is 1.24 bits per heavy atom. The molecular formula is C12H12F5O3P. The van der Waals surface area contributed by atoms with E-state index in [1.807, 2.05) is 0 Å². The predicted molar refractivity (Wildman–Crippen MR) is 66.1 cm³/mol. The topological polar surface area (TPSA) is 35.5 Å². The third kappa shape index (κ3) is 3.90. The van der Waals surface area contributed by atoms with E-state index in [0.717, 1.165) is 0 Å². The van der Waals surface area contributed by atoms with Crippen LogP contribution in [0.4, 0.5) is 22.0 Å². The first-order valence-electron chi connectivity index (χ1n) is 5.86. The van der Waals surface area contributed by atoms with Crippen LogP contribution >= 0.6 is 7.60 Å². The molecular weight excluding hydrogens is 318 g/mol. The molecule has 118 valence electrons. The van der Waals surface area contributed by atoms with Crippen LogP contribution in [-0.2, 0) is 13.6 Å². The molecule has 9 heteroatoms. The molecule has 1 rings (SSSR count). The van der Waals surface area contributed by atoms with Crippen LogP contribution in [0.3, 0.4) is 0 Å². The van der Waals surface area contributed by atoms with E-state index in [4.69, 9.17) is 9.05 Å². The molecule has 0 aliphatic heterocycles. The highest BCUT2D eigenvalue weighted by Gasteiger charge is 2.26. The molecule has 1 aromatic rings. The Morgan fingerprint density at radius 1 is 0.857 bits per heavy atom. The Balaban J connectivity index is 3.30. The number of rotatable bonds is 6. The van der Waals surface area contributed by atoms with Crippen molar-refractivity contribution in [2.24, 2.45) is 0 Å². The number of halogens is 5. The minimum Gasteiger partial charge on any atom is -0.306 e. The monoisotopic (exact) mass is 330 g/mol. The molecule has 0 unspecified atom stereocenters. The highest BCUT2D eigenvalue weighted by Crippen LogP contribution is 2.50. The zero-order valence-corrected chi connectivity index (χ0v) is 12.0. The molecule has 0 aromatic heterocycles. The van der Waals surface area contributed by atoms with Crippen molar-refractivity contribution in [1.29, 1.82) is 0 Å². The van der Waals surface area contributed by atoms with Crippen LogP contribution < -0.4 is 0 Å². The molecule has 0 saturated carbocycles. The second kappa shape index (κ2) is 7.15. The first-order valence-corrected chi connectivity index (χ1v) is 7.48. The third-order valence-electron chi connectivity index (χ3n) is 2.29. The van der Waals surface area contributed by atoms with Crippen molar-refractivity contribution >= 4 is 13.7 Å². The van der Waals surface area contributed by atoms with Gasteiger partial charge in [-0.15, -0.1) is 0 Å². The Morgan fingerprint density at radius 3 is 1.62 bits per heavy atom. The first kappa shape index (κ1) is 17.8. The summed E-state index contributed by atoms with van der Waals surface area (Å²) in [7, 11) is -3.82. The van der Waals surface area contributed by atoms with Gasteiger partial charge < -0.3 is 9.05 Å². The summed E-state index contributed by atoms with van der Waals surface area (Å²) in [6.45, 7) is 2.94. The van der Waals surface area contributed by atoms with Crippen molar-refractivity contribution in [3.8, 4) is 0 Å². The van der Waals surface area contributed by atoms with E-state index in [1.54, 1.807) is 0 Å². The lowest BCUT2D eigenvalue weighted by molar-refractivity contribution is 0.229. The number of hydrogen-bond acceptors (Lipinski definition) is 3. The summed E-state index contributed by atoms with van der Waals surface area (Å²) in [5.74, 6) is -9.84. The molecule has 0 bridgehead atoms. The number of hydrogen-bond donors (Lipinski definition) is 0. The summed E-state index contributed by atoms with van der Waals surface area (Å²) in [5.41, 5.74) is -1.22. The van der Waals surface area contributed by atoms with Gasteiger partial charge in [-0.2, -0.15) is 0 Å². The molecule has 0 radical (unpaired) electrons. The van der Waals surface area contributed by atoms with Gasteiger partial charge in [0.05, 0.1) is 18.8 Å². The lowest BCUT2D eigenvalue weighted by atomic mass is 10.1. The SMILES string of the molecule is CCOP(=O)(/C=C/c1c(F)c(F)c(F)c(F)c1F)OCC. The van der Waals surface area contributed by atoms with Gasteiger partial charge in [-0.3, -0.25) is 4.57 Å². The molecule has 0 aliphatic carbocycles. The zero-order valence-electron chi connectivity index (χ0n) is 11.1. The molecule has 0 heterocycles. The minimum atomic E-state index is -3.82. The maximum Gasteiger partial charge on any atom is 0.354 e. The molecule has 0 atom stereocenters. The van der Waals surface area contributed by atoms with Crippen molar-refractivity contribution < 1.29 is 35.6 Å². The van der Waals surface area contributed by atoms with E-state index in [9.17, 15) is 26.5 Å². The molecule has 0 amide bonds. The summed E-state index contributed by atoms with van der Waals surface area (Å²) < 4.78 is 87.3. The molecule has 0 fully saturated rings. The Bertz CT molecular complexity index is 564. The van der Waals surface area contributed by atoms with Gasteiger partial charge in [-0.05, 0) is 19.9 Å². The van der Waals surface area contributed by atoms with Crippen molar-refractivity contribution in [2.75, 3.05) is 13.2 Å². The maximum absolute atomic E-state index is 13.4. The van der Waals surface area contributed by atoms with Gasteiger partial charge in [0.15, 0.2) is 23.3 Å². The van der Waals surface area contributed by atoms with Crippen molar-refractivity contribution in [2.45, 2.75) is 13.8 Å². The normalized spacial score (nSPS) is 12.3. The summed E-state index contributed by atoms with van der Waals surface area (Å²) in [4.78, 5) is 0. The van der Waals surface area contributed by atoms with Crippen molar-refractivity contribution in [1.82, 2.24) is 0 Å². The van der Waals surface area contributed by atoms with E-state index in [1.165, 1.54) is 13.8 Å². The Hall–Kier alpha value is -1.24. The van der Waals surface area contributed by atoms with Gasteiger partial charge in [0.2, 0.25) is 5.82 Å². The van der Waals surface area contributed by atoms with Gasteiger partial charge in [0.1, 0.15) is 0 Å². The second-order valence-corrected chi connectivity index (χ2v) is 5.57. The van der Waals surface area contributed by atoms with Crippen LogP contribution in [0.15, 0.2) is 5.82 Å². The van der Waals surface area contributed by atoms with Crippen LogP contribution in [0.5, 0.6) is 0 Å². The fraction of sp³-hybridized carbons (Fsp3) is 0.333. The largest absolute Gasteiger partial charge is 0.354 e. The van der Waals surface area contributed by atoms with Crippen LogP contribution in [0.2, 0.25) is 0 Å². The predicted octanol–water partition coefficient (Wildman–Crippen LogP) is 4.62. The Kier molecular flexibility index (Phi) is 6.07. The van der Waals surface area contributed by atoms with Crippen LogP contribution in [0, 0.1) is 29.1 Å². The minimum absolute atomic E-state index is 0.0290. The van der Waals surface area contributed by atoms with Gasteiger partial charge in [0, 0.05) is 5.82 Å². The van der Waals surface area contributed by atoms with Crippen LogP contribution in [-0.4, -0.2) is 13.2 Å². The first-order chi connectivity index (χ1) is 9.77. The van der Waals surface area contributed by atoms with Gasteiger partial charge in [0.25, 0.3) is 0 Å². The van der Waals surface area contributed by atoms with Gasteiger partial charge in [-0.25, -0.2) is 22.0 Å². The highest BCUT2D eigenvalue weighted by atomic mass is 31.2. The maximum atomic E-state index is 13.4. The van der Waals surface area contributed by atoms with Crippen molar-refractivity contribution in [3.63, 3.8) is 0 Å². The van der Waals surface area contributed by atoms with E-state index in [-0.39, 0.29) is 13.2 Å². The van der Waals surface area contributed by atoms with Gasteiger partial charge in [-0.1, -0.05) is 0 Å². The summed E-state index contributed by atoms with van der Waals surface area (Å²) in [5, 5.41) is 0. The third-order valence-corrected chi connectivity index (χ3v) is 4.04. The van der Waals surface area contributed by atoms with E-state index in [2.05, 4.69) is 0 Å². The quantitative estimate of drug-likeness (QED) is 0.330. The van der Waals surface area contributed by atoms with Crippen LogP contribution in [0.25, 0.3) is 6.08 Å². The summed E-state index contributed by atoms with van der Waals surface area (Å²) >= 11 is 0. The molecule has 21 heavy (non-hydrogen) atoms. The van der Waals surface area contributed by atoms with E-state index >= 15 is 0 Å². The van der Waals surface area contributed by atoms with E-state index < -0.39 is 42.2 Å². The zero-order chi connectivity index (χ0) is 16.2. The van der Waals surface area contributed by atoms with Crippen molar-refractivity contribution in [3.05, 3.63) is 40.5 Å². The van der Waals surface area contributed by atoms with Gasteiger partial charge >= 0.3 is 7.60 Å². The standard InChI is InChI=1S/C12H12F5O3P/c1-3-19-21(18,20-4-2)6-5-7-8(13)10(15)12(17)11(16)9(7)14/h5-6H,3-4H2,1-2H3/b6-5+. The van der Waals surface area contributed by atoms with E-state index in [0.29, 0.717) is 11.9 Å². The molecule has 0 aliphatic rings. The summed E-state index contributed by atoms with van der Waals surface area (Å²) in [6, 6.07) is 0. The Labute approximate surface area is 117 Å². The lowest BCUT2D eigenvalue weighted by Gasteiger charge is -2.12. The molecule has 0 spiro atoms. The lowest BCUT2D eigenvalue weighted by Crippen LogP contribution is -2.04. The molecule has 0 saturated heterocycles. The fourth-order valence-corrected chi connectivity index (χ4v) is 2.72. The second-order valence-electron chi connectivity index (χ2n) is 3.67. The molecule has 3 nitrogen and oxygen atoms in total. The fourth-order valence-electron chi connectivity index (χ4n) is 1.42. The van der Waals surface area contributed by atoms with Crippen LogP contribution in [0.1, 0.15) is 19.4 Å².